The molecule has 19 heavy (non-hydrogen) atoms. The molecule has 0 spiro atoms. The Morgan fingerprint density at radius 3 is 2.37 bits per heavy atom. The van der Waals surface area contributed by atoms with E-state index < -0.39 is 36.2 Å². The van der Waals surface area contributed by atoms with Crippen LogP contribution < -0.4 is 10.6 Å². The van der Waals surface area contributed by atoms with E-state index in [2.05, 4.69) is 10.3 Å². The molecule has 0 saturated carbocycles. The van der Waals surface area contributed by atoms with Gasteiger partial charge >= 0.3 is 12.4 Å². The van der Waals surface area contributed by atoms with Gasteiger partial charge in [0.25, 0.3) is 0 Å². The van der Waals surface area contributed by atoms with Crippen LogP contribution in [-0.2, 0) is 11.0 Å². The van der Waals surface area contributed by atoms with Crippen LogP contribution in [0.3, 0.4) is 0 Å². The number of halogens is 6. The zero-order chi connectivity index (χ0) is 14.7. The largest absolute Gasteiger partial charge is 0.427 e. The second-order valence-corrected chi connectivity index (χ2v) is 4.30. The Hall–Kier alpha value is -1.52. The average molecular weight is 307 g/mol. The molecule has 0 atom stereocenters. The van der Waals surface area contributed by atoms with Crippen LogP contribution in [0.15, 0.2) is 6.20 Å². The van der Waals surface area contributed by atoms with Crippen LogP contribution in [-0.4, -0.2) is 30.2 Å². The first-order valence-corrected chi connectivity index (χ1v) is 5.50. The first kappa shape index (κ1) is 15.5. The van der Waals surface area contributed by atoms with E-state index in [9.17, 15) is 31.1 Å². The third kappa shape index (κ3) is 5.77. The minimum Gasteiger partial charge on any atom is -0.352 e. The van der Waals surface area contributed by atoms with Gasteiger partial charge in [-0.15, -0.1) is 0 Å². The van der Waals surface area contributed by atoms with E-state index in [0.29, 0.717) is 6.20 Å². The van der Waals surface area contributed by atoms with Crippen molar-refractivity contribution in [2.24, 2.45) is 0 Å². The smallest absolute Gasteiger partial charge is 0.352 e. The second kappa shape index (κ2) is 5.63. The third-order valence-electron chi connectivity index (χ3n) is 1.67. The van der Waals surface area contributed by atoms with Crippen molar-refractivity contribution in [2.45, 2.75) is 12.4 Å². The van der Waals surface area contributed by atoms with E-state index in [1.165, 1.54) is 0 Å². The van der Waals surface area contributed by atoms with E-state index >= 15 is 0 Å². The van der Waals surface area contributed by atoms with Crippen LogP contribution in [0.1, 0.15) is 4.88 Å². The lowest BCUT2D eigenvalue weighted by atomic mass is 10.5. The second-order valence-electron chi connectivity index (χ2n) is 3.27. The Bertz CT molecular complexity index is 440. The summed E-state index contributed by atoms with van der Waals surface area (Å²) in [6.07, 6.45) is -8.52. The van der Waals surface area contributed by atoms with Crippen molar-refractivity contribution < 1.29 is 31.1 Å². The van der Waals surface area contributed by atoms with Gasteiger partial charge in [-0.1, -0.05) is 11.3 Å². The van der Waals surface area contributed by atoms with Crippen molar-refractivity contribution in [1.29, 1.82) is 0 Å². The number of rotatable bonds is 4. The van der Waals surface area contributed by atoms with E-state index in [1.54, 1.807) is 5.32 Å². The molecule has 1 aromatic heterocycles. The first-order valence-electron chi connectivity index (χ1n) is 4.68. The maximum Gasteiger partial charge on any atom is 0.427 e. The summed E-state index contributed by atoms with van der Waals surface area (Å²) in [7, 11) is 0. The zero-order valence-electron chi connectivity index (χ0n) is 9.02. The topological polar surface area (TPSA) is 54.0 Å². The lowest BCUT2D eigenvalue weighted by molar-refractivity contribution is -0.137. The van der Waals surface area contributed by atoms with Gasteiger partial charge in [0.15, 0.2) is 5.13 Å². The van der Waals surface area contributed by atoms with E-state index in [-0.39, 0.29) is 16.5 Å². The molecular weight excluding hydrogens is 300 g/mol. The van der Waals surface area contributed by atoms with Crippen LogP contribution in [0, 0.1) is 0 Å². The summed E-state index contributed by atoms with van der Waals surface area (Å²) in [5, 5.41) is 3.56. The number of thiazole rings is 1. The predicted octanol–water partition coefficient (Wildman–Crippen LogP) is 2.25. The van der Waals surface area contributed by atoms with Crippen molar-refractivity contribution in [3.05, 3.63) is 11.1 Å². The number of carbonyl (C=O) groups is 1. The highest BCUT2D eigenvalue weighted by atomic mass is 32.1. The summed E-state index contributed by atoms with van der Waals surface area (Å²) in [5.74, 6) is -0.999. The van der Waals surface area contributed by atoms with E-state index in [0.717, 1.165) is 0 Å². The highest BCUT2D eigenvalue weighted by Crippen LogP contribution is 2.34. The Labute approximate surface area is 106 Å². The molecule has 0 fully saturated rings. The van der Waals surface area contributed by atoms with Gasteiger partial charge in [0.2, 0.25) is 5.91 Å². The number of carbonyl (C=O) groups excluding carboxylic acids is 1. The number of hydrogen-bond donors (Lipinski definition) is 2. The van der Waals surface area contributed by atoms with Crippen molar-refractivity contribution >= 4 is 22.4 Å². The van der Waals surface area contributed by atoms with Crippen molar-refractivity contribution in [1.82, 2.24) is 10.3 Å². The Balaban J connectivity index is 2.41. The average Bonchev–Trinajstić information content (AvgIpc) is 2.70. The fourth-order valence-corrected chi connectivity index (χ4v) is 1.58. The van der Waals surface area contributed by atoms with Gasteiger partial charge in [-0.05, 0) is 0 Å². The van der Waals surface area contributed by atoms with Gasteiger partial charge in [0.1, 0.15) is 11.4 Å². The number of nitrogens with zero attached hydrogens (tertiary/aromatic N) is 1. The Morgan fingerprint density at radius 2 is 1.89 bits per heavy atom. The molecule has 0 unspecified atom stereocenters. The molecule has 0 aliphatic heterocycles. The molecule has 0 aliphatic rings. The number of nitrogens with one attached hydrogen (secondary N) is 2. The van der Waals surface area contributed by atoms with Crippen molar-refractivity contribution in [3.63, 3.8) is 0 Å². The molecule has 0 radical (unpaired) electrons. The number of aromatic nitrogens is 1. The third-order valence-corrected chi connectivity index (χ3v) is 2.67. The van der Waals surface area contributed by atoms with Gasteiger partial charge < -0.3 is 10.6 Å². The summed E-state index contributed by atoms with van der Waals surface area (Å²) in [6, 6.07) is 0. The minimum atomic E-state index is -4.55. The molecule has 0 aliphatic carbocycles. The number of alkyl halides is 6. The number of amides is 1. The van der Waals surface area contributed by atoms with Gasteiger partial charge in [-0.3, -0.25) is 4.79 Å². The highest BCUT2D eigenvalue weighted by molar-refractivity contribution is 7.15. The normalized spacial score (nSPS) is 12.3. The Morgan fingerprint density at radius 1 is 1.26 bits per heavy atom. The maximum absolute atomic E-state index is 12.2. The monoisotopic (exact) mass is 307 g/mol. The number of hydrogen-bond acceptors (Lipinski definition) is 4. The highest BCUT2D eigenvalue weighted by Gasteiger charge is 2.33. The summed E-state index contributed by atoms with van der Waals surface area (Å²) in [5.41, 5.74) is 0. The van der Waals surface area contributed by atoms with Crippen LogP contribution in [0.25, 0.3) is 0 Å². The molecule has 4 nitrogen and oxygen atoms in total. The maximum atomic E-state index is 12.2. The molecule has 0 aromatic carbocycles. The van der Waals surface area contributed by atoms with Gasteiger partial charge in [0, 0.05) is 0 Å². The van der Waals surface area contributed by atoms with Crippen LogP contribution in [0.4, 0.5) is 31.5 Å². The zero-order valence-corrected chi connectivity index (χ0v) is 9.84. The minimum absolute atomic E-state index is 0.200. The molecule has 1 heterocycles. The molecule has 0 bridgehead atoms. The molecule has 1 rings (SSSR count). The predicted molar refractivity (Wildman–Crippen MR) is 54.7 cm³/mol. The molecule has 0 saturated heterocycles. The molecule has 2 N–H and O–H groups in total. The van der Waals surface area contributed by atoms with Gasteiger partial charge in [-0.2, -0.15) is 26.3 Å². The van der Waals surface area contributed by atoms with Crippen molar-refractivity contribution in [3.8, 4) is 0 Å². The molecule has 1 aromatic rings. The van der Waals surface area contributed by atoms with E-state index in [4.69, 9.17) is 0 Å². The summed E-state index contributed by atoms with van der Waals surface area (Å²) >= 11 is 0.256. The standard InChI is InChI=1S/C8H7F6N3OS/c9-7(10,11)3-17-5(18)2-16-6-15-1-4(19-6)8(12,13)14/h1H,2-3H2,(H,15,16)(H,17,18). The van der Waals surface area contributed by atoms with E-state index in [1.807, 2.05) is 0 Å². The lowest BCUT2D eigenvalue weighted by Crippen LogP contribution is -2.37. The Kier molecular flexibility index (Phi) is 4.61. The SMILES string of the molecule is O=C(CNc1ncc(C(F)(F)F)s1)NCC(F)(F)F. The molecular formula is C8H7F6N3OS. The molecule has 1 amide bonds. The van der Waals surface area contributed by atoms with Crippen molar-refractivity contribution in [2.75, 3.05) is 18.4 Å². The fraction of sp³-hybridized carbons (Fsp3) is 0.500. The number of anilines is 1. The van der Waals surface area contributed by atoms with Crippen LogP contribution in [0.2, 0.25) is 0 Å². The first-order chi connectivity index (χ1) is 8.58. The fourth-order valence-electron chi connectivity index (χ4n) is 0.904. The molecule has 11 heteroatoms. The van der Waals surface area contributed by atoms with Gasteiger partial charge in [-0.25, -0.2) is 4.98 Å². The summed E-state index contributed by atoms with van der Waals surface area (Å²) in [4.78, 5) is 13.3. The van der Waals surface area contributed by atoms with Crippen LogP contribution in [0.5, 0.6) is 0 Å². The summed E-state index contributed by atoms with van der Waals surface area (Å²) < 4.78 is 71.8. The lowest BCUT2D eigenvalue weighted by Gasteiger charge is -2.08. The quantitative estimate of drug-likeness (QED) is 0.839. The summed E-state index contributed by atoms with van der Waals surface area (Å²) in [6.45, 7) is -2.10. The molecule has 108 valence electrons. The van der Waals surface area contributed by atoms with Gasteiger partial charge in [0.05, 0.1) is 12.7 Å². The van der Waals surface area contributed by atoms with Crippen LogP contribution >= 0.6 is 11.3 Å².